The van der Waals surface area contributed by atoms with Crippen LogP contribution in [0.1, 0.15) is 39.6 Å². The molecule has 0 saturated carbocycles. The van der Waals surface area contributed by atoms with Gasteiger partial charge in [0, 0.05) is 37.8 Å². The Bertz CT molecular complexity index is 746. The summed E-state index contributed by atoms with van der Waals surface area (Å²) in [6.07, 6.45) is 2.07. The Balaban J connectivity index is 1.49. The number of carbonyl (C=O) groups excluding carboxylic acids is 1. The number of anilines is 1. The number of fused-ring (bicyclic) bond motifs is 1. The number of nitrogens with zero attached hydrogens (tertiary/aromatic N) is 3. The standard InChI is InChI=1S/C17H21N5OS/c1-11-19-14-9-18-8-13(14)16(20-11)21-12-4-2-6-22(10-12)17(23)15-5-3-7-24-15/h3,5,7,12,18H,2,4,6,8-10H2,1H3,(H,19,20,21)/t12-/m0/s1. The molecule has 2 aliphatic rings. The number of aryl methyl sites for hydroxylation is 1. The number of hydrogen-bond acceptors (Lipinski definition) is 6. The van der Waals surface area contributed by atoms with Crippen molar-refractivity contribution >= 4 is 23.1 Å². The molecule has 6 nitrogen and oxygen atoms in total. The van der Waals surface area contributed by atoms with E-state index in [2.05, 4.69) is 20.6 Å². The normalized spacial score (nSPS) is 20.0. The molecule has 4 heterocycles. The van der Waals surface area contributed by atoms with Crippen molar-refractivity contribution in [3.8, 4) is 0 Å². The van der Waals surface area contributed by atoms with Gasteiger partial charge in [0.1, 0.15) is 11.6 Å². The molecule has 0 spiro atoms. The zero-order valence-electron chi connectivity index (χ0n) is 13.7. The fourth-order valence-electron chi connectivity index (χ4n) is 3.44. The molecule has 0 aliphatic carbocycles. The minimum Gasteiger partial charge on any atom is -0.365 e. The molecular weight excluding hydrogens is 322 g/mol. The number of thiophene rings is 1. The molecule has 2 aromatic heterocycles. The summed E-state index contributed by atoms with van der Waals surface area (Å²) in [4.78, 5) is 24.5. The fourth-order valence-corrected chi connectivity index (χ4v) is 4.13. The van der Waals surface area contributed by atoms with E-state index in [1.54, 1.807) is 0 Å². The lowest BCUT2D eigenvalue weighted by Gasteiger charge is -2.33. The van der Waals surface area contributed by atoms with Gasteiger partial charge in [0.2, 0.25) is 0 Å². The zero-order chi connectivity index (χ0) is 16.5. The molecule has 0 bridgehead atoms. The van der Waals surface area contributed by atoms with Crippen LogP contribution in [0.15, 0.2) is 17.5 Å². The van der Waals surface area contributed by atoms with Gasteiger partial charge in [0.25, 0.3) is 5.91 Å². The smallest absolute Gasteiger partial charge is 0.263 e. The van der Waals surface area contributed by atoms with E-state index in [-0.39, 0.29) is 11.9 Å². The van der Waals surface area contributed by atoms with Gasteiger partial charge >= 0.3 is 0 Å². The van der Waals surface area contributed by atoms with Crippen LogP contribution < -0.4 is 10.6 Å². The first-order valence-corrected chi connectivity index (χ1v) is 9.25. The fraction of sp³-hybridized carbons (Fsp3) is 0.471. The number of nitrogens with one attached hydrogen (secondary N) is 2. The summed E-state index contributed by atoms with van der Waals surface area (Å²) in [6, 6.07) is 4.06. The molecule has 7 heteroatoms. The Morgan fingerprint density at radius 2 is 2.33 bits per heavy atom. The Kier molecular flexibility index (Phi) is 4.20. The van der Waals surface area contributed by atoms with Gasteiger partial charge in [0.15, 0.2) is 0 Å². The van der Waals surface area contributed by atoms with Crippen LogP contribution in [0.4, 0.5) is 5.82 Å². The van der Waals surface area contributed by atoms with Crippen molar-refractivity contribution in [1.29, 1.82) is 0 Å². The first-order valence-electron chi connectivity index (χ1n) is 8.37. The zero-order valence-corrected chi connectivity index (χ0v) is 14.5. The highest BCUT2D eigenvalue weighted by atomic mass is 32.1. The second-order valence-electron chi connectivity index (χ2n) is 6.36. The van der Waals surface area contributed by atoms with Crippen LogP contribution in [0, 0.1) is 6.92 Å². The summed E-state index contributed by atoms with van der Waals surface area (Å²) in [6.45, 7) is 5.10. The minimum absolute atomic E-state index is 0.141. The van der Waals surface area contributed by atoms with Crippen molar-refractivity contribution in [3.63, 3.8) is 0 Å². The topological polar surface area (TPSA) is 70.2 Å². The lowest BCUT2D eigenvalue weighted by Crippen LogP contribution is -2.45. The quantitative estimate of drug-likeness (QED) is 0.894. The highest BCUT2D eigenvalue weighted by Gasteiger charge is 2.27. The molecule has 24 heavy (non-hydrogen) atoms. The number of likely N-dealkylation sites (tertiary alicyclic amines) is 1. The van der Waals surface area contributed by atoms with Crippen molar-refractivity contribution in [2.45, 2.75) is 38.9 Å². The molecule has 2 aliphatic heterocycles. The van der Waals surface area contributed by atoms with Gasteiger partial charge < -0.3 is 15.5 Å². The number of rotatable bonds is 3. The Hall–Kier alpha value is -1.99. The number of amides is 1. The highest BCUT2D eigenvalue weighted by Crippen LogP contribution is 2.24. The predicted octanol–water partition coefficient (Wildman–Crippen LogP) is 2.17. The molecule has 1 saturated heterocycles. The average molecular weight is 343 g/mol. The second kappa shape index (κ2) is 6.49. The first kappa shape index (κ1) is 15.5. The third kappa shape index (κ3) is 3.01. The molecular formula is C17H21N5OS. The summed E-state index contributed by atoms with van der Waals surface area (Å²) >= 11 is 1.51. The summed E-state index contributed by atoms with van der Waals surface area (Å²) in [5.41, 5.74) is 2.26. The Morgan fingerprint density at radius 1 is 1.42 bits per heavy atom. The number of piperidine rings is 1. The largest absolute Gasteiger partial charge is 0.365 e. The molecule has 126 valence electrons. The van der Waals surface area contributed by atoms with Gasteiger partial charge in [-0.15, -0.1) is 11.3 Å². The number of hydrogen-bond donors (Lipinski definition) is 2. The molecule has 1 atom stereocenters. The predicted molar refractivity (Wildman–Crippen MR) is 94.2 cm³/mol. The van der Waals surface area contributed by atoms with Crippen LogP contribution in [0.3, 0.4) is 0 Å². The van der Waals surface area contributed by atoms with E-state index < -0.39 is 0 Å². The van der Waals surface area contributed by atoms with E-state index in [4.69, 9.17) is 0 Å². The lowest BCUT2D eigenvalue weighted by atomic mass is 10.0. The summed E-state index contributed by atoms with van der Waals surface area (Å²) in [5, 5.41) is 8.85. The van der Waals surface area contributed by atoms with E-state index in [1.165, 1.54) is 16.9 Å². The SMILES string of the molecule is Cc1nc2c(c(N[C@H]3CCCN(C(=O)c4cccs4)C3)n1)CNC2. The third-order valence-electron chi connectivity index (χ3n) is 4.58. The van der Waals surface area contributed by atoms with Gasteiger partial charge in [-0.05, 0) is 31.2 Å². The second-order valence-corrected chi connectivity index (χ2v) is 7.31. The van der Waals surface area contributed by atoms with Crippen LogP contribution in [0.2, 0.25) is 0 Å². The molecule has 4 rings (SSSR count). The van der Waals surface area contributed by atoms with Crippen molar-refractivity contribution in [1.82, 2.24) is 20.2 Å². The average Bonchev–Trinajstić information content (AvgIpc) is 3.25. The maximum Gasteiger partial charge on any atom is 0.263 e. The number of aromatic nitrogens is 2. The van der Waals surface area contributed by atoms with E-state index in [1.807, 2.05) is 29.3 Å². The van der Waals surface area contributed by atoms with Gasteiger partial charge in [-0.3, -0.25) is 4.79 Å². The third-order valence-corrected chi connectivity index (χ3v) is 5.44. The summed E-state index contributed by atoms with van der Waals surface area (Å²) in [5.74, 6) is 1.86. The minimum atomic E-state index is 0.141. The van der Waals surface area contributed by atoms with Crippen LogP contribution in [0.25, 0.3) is 0 Å². The van der Waals surface area contributed by atoms with Crippen molar-refractivity contribution in [2.75, 3.05) is 18.4 Å². The molecule has 0 unspecified atom stereocenters. The molecule has 2 N–H and O–H groups in total. The van der Waals surface area contributed by atoms with Crippen LogP contribution in [-0.2, 0) is 13.1 Å². The van der Waals surface area contributed by atoms with Crippen molar-refractivity contribution < 1.29 is 4.79 Å². The maximum atomic E-state index is 12.6. The lowest BCUT2D eigenvalue weighted by molar-refractivity contribution is 0.0719. The monoisotopic (exact) mass is 343 g/mol. The van der Waals surface area contributed by atoms with E-state index in [0.717, 1.165) is 61.2 Å². The molecule has 1 fully saturated rings. The van der Waals surface area contributed by atoms with E-state index in [9.17, 15) is 4.79 Å². The van der Waals surface area contributed by atoms with Crippen LogP contribution >= 0.6 is 11.3 Å². The Labute approximate surface area is 145 Å². The van der Waals surface area contributed by atoms with E-state index >= 15 is 0 Å². The van der Waals surface area contributed by atoms with Gasteiger partial charge in [-0.25, -0.2) is 9.97 Å². The van der Waals surface area contributed by atoms with Crippen LogP contribution in [-0.4, -0.2) is 39.9 Å². The van der Waals surface area contributed by atoms with Gasteiger partial charge in [-0.2, -0.15) is 0 Å². The van der Waals surface area contributed by atoms with Crippen molar-refractivity contribution in [2.24, 2.45) is 0 Å². The Morgan fingerprint density at radius 3 is 3.17 bits per heavy atom. The summed E-state index contributed by atoms with van der Waals surface area (Å²) in [7, 11) is 0. The first-order chi connectivity index (χ1) is 11.7. The highest BCUT2D eigenvalue weighted by molar-refractivity contribution is 7.12. The van der Waals surface area contributed by atoms with E-state index in [0.29, 0.717) is 0 Å². The van der Waals surface area contributed by atoms with Crippen molar-refractivity contribution in [3.05, 3.63) is 39.5 Å². The van der Waals surface area contributed by atoms with Crippen LogP contribution in [0.5, 0.6) is 0 Å². The maximum absolute atomic E-state index is 12.6. The van der Waals surface area contributed by atoms with Gasteiger partial charge in [0.05, 0.1) is 10.6 Å². The summed E-state index contributed by atoms with van der Waals surface area (Å²) < 4.78 is 0. The van der Waals surface area contributed by atoms with Gasteiger partial charge in [-0.1, -0.05) is 6.07 Å². The molecule has 1 amide bonds. The molecule has 2 aromatic rings. The molecule has 0 radical (unpaired) electrons. The molecule has 0 aromatic carbocycles. The number of carbonyl (C=O) groups is 1.